The highest BCUT2D eigenvalue weighted by molar-refractivity contribution is 5.81. The van der Waals surface area contributed by atoms with Gasteiger partial charge in [-0.3, -0.25) is 4.79 Å². The van der Waals surface area contributed by atoms with Crippen LogP contribution in [-0.4, -0.2) is 36.9 Å². The number of aliphatic hydroxyl groups is 1. The van der Waals surface area contributed by atoms with E-state index in [0.29, 0.717) is 45.3 Å². The largest absolute Gasteiger partial charge is 0.466 e. The van der Waals surface area contributed by atoms with E-state index in [2.05, 4.69) is 6.58 Å². The van der Waals surface area contributed by atoms with Gasteiger partial charge in [0.1, 0.15) is 0 Å². The first-order valence-electron chi connectivity index (χ1n) is 5.76. The second-order valence-corrected chi connectivity index (χ2v) is 3.48. The molecule has 0 fully saturated rings. The van der Waals surface area contributed by atoms with Crippen LogP contribution in [0.2, 0.25) is 0 Å². The maximum Gasteiger partial charge on any atom is 0.330 e. The Morgan fingerprint density at radius 3 is 2.29 bits per heavy atom. The number of carbonyl (C=O) groups is 2. The van der Waals surface area contributed by atoms with E-state index < -0.39 is 5.97 Å². The van der Waals surface area contributed by atoms with E-state index in [0.717, 1.165) is 6.08 Å². The quantitative estimate of drug-likeness (QED) is 0.355. The van der Waals surface area contributed by atoms with Gasteiger partial charge in [-0.15, -0.1) is 0 Å². The van der Waals surface area contributed by atoms with Crippen LogP contribution in [-0.2, 0) is 19.1 Å². The molecule has 0 aromatic heterocycles. The summed E-state index contributed by atoms with van der Waals surface area (Å²) in [6, 6.07) is 0. The standard InChI is InChI=1S/C12H20O5/c1-2-11(14)16-9-5-6-10-17-12(15)7-3-4-8-13/h2,13H,1,3-10H2. The molecule has 0 spiro atoms. The van der Waals surface area contributed by atoms with Crippen molar-refractivity contribution in [2.45, 2.75) is 32.1 Å². The van der Waals surface area contributed by atoms with Crippen LogP contribution in [0.15, 0.2) is 12.7 Å². The molecule has 1 N–H and O–H groups in total. The van der Waals surface area contributed by atoms with Gasteiger partial charge in [-0.25, -0.2) is 4.79 Å². The molecular weight excluding hydrogens is 224 g/mol. The SMILES string of the molecule is C=CC(=O)OCCCCOC(=O)CCCCO. The number of hydrogen-bond acceptors (Lipinski definition) is 5. The predicted octanol–water partition coefficient (Wildman–Crippen LogP) is 1.20. The molecule has 0 aliphatic heterocycles. The van der Waals surface area contributed by atoms with Crippen molar-refractivity contribution in [1.29, 1.82) is 0 Å². The van der Waals surface area contributed by atoms with Gasteiger partial charge in [-0.05, 0) is 25.7 Å². The highest BCUT2D eigenvalue weighted by atomic mass is 16.5. The lowest BCUT2D eigenvalue weighted by atomic mass is 10.2. The Morgan fingerprint density at radius 2 is 1.71 bits per heavy atom. The van der Waals surface area contributed by atoms with Gasteiger partial charge in [-0.1, -0.05) is 6.58 Å². The summed E-state index contributed by atoms with van der Waals surface area (Å²) in [5.41, 5.74) is 0. The van der Waals surface area contributed by atoms with E-state index in [1.165, 1.54) is 0 Å². The van der Waals surface area contributed by atoms with Gasteiger partial charge < -0.3 is 14.6 Å². The molecule has 0 saturated carbocycles. The van der Waals surface area contributed by atoms with Gasteiger partial charge >= 0.3 is 11.9 Å². The maximum absolute atomic E-state index is 11.1. The normalized spacial score (nSPS) is 9.71. The van der Waals surface area contributed by atoms with E-state index in [4.69, 9.17) is 14.6 Å². The topological polar surface area (TPSA) is 72.8 Å². The molecule has 17 heavy (non-hydrogen) atoms. The fourth-order valence-electron chi connectivity index (χ4n) is 1.08. The van der Waals surface area contributed by atoms with Gasteiger partial charge in [0, 0.05) is 19.1 Å². The summed E-state index contributed by atoms with van der Waals surface area (Å²) in [5, 5.41) is 8.52. The molecule has 0 rings (SSSR count). The number of ether oxygens (including phenoxy) is 2. The molecule has 0 amide bonds. The van der Waals surface area contributed by atoms with Crippen LogP contribution in [0, 0.1) is 0 Å². The van der Waals surface area contributed by atoms with Crippen molar-refractivity contribution in [3.05, 3.63) is 12.7 Å². The van der Waals surface area contributed by atoms with Crippen molar-refractivity contribution < 1.29 is 24.2 Å². The predicted molar refractivity (Wildman–Crippen MR) is 62.3 cm³/mol. The Balaban J connectivity index is 3.24. The van der Waals surface area contributed by atoms with E-state index in [1.54, 1.807) is 0 Å². The summed E-state index contributed by atoms with van der Waals surface area (Å²) >= 11 is 0. The number of carbonyl (C=O) groups excluding carboxylic acids is 2. The smallest absolute Gasteiger partial charge is 0.330 e. The maximum atomic E-state index is 11.1. The van der Waals surface area contributed by atoms with Gasteiger partial charge in [0.15, 0.2) is 0 Å². The van der Waals surface area contributed by atoms with Gasteiger partial charge in [0.25, 0.3) is 0 Å². The molecule has 0 aliphatic carbocycles. The molecular formula is C12H20O5. The summed E-state index contributed by atoms with van der Waals surface area (Å²) < 4.78 is 9.69. The second kappa shape index (κ2) is 11.1. The number of unbranched alkanes of at least 4 members (excludes halogenated alkanes) is 2. The Hall–Kier alpha value is -1.36. The average Bonchev–Trinajstić information content (AvgIpc) is 2.33. The molecule has 0 unspecified atom stereocenters. The van der Waals surface area contributed by atoms with Crippen LogP contribution < -0.4 is 0 Å². The van der Waals surface area contributed by atoms with E-state index in [-0.39, 0.29) is 12.6 Å². The molecule has 0 heterocycles. The second-order valence-electron chi connectivity index (χ2n) is 3.48. The molecule has 0 aromatic rings. The zero-order chi connectivity index (χ0) is 12.9. The first-order valence-corrected chi connectivity index (χ1v) is 5.76. The first-order chi connectivity index (χ1) is 8.20. The minimum absolute atomic E-state index is 0.0992. The lowest BCUT2D eigenvalue weighted by Crippen LogP contribution is -2.07. The third kappa shape index (κ3) is 10.9. The summed E-state index contributed by atoms with van der Waals surface area (Å²) in [7, 11) is 0. The summed E-state index contributed by atoms with van der Waals surface area (Å²) in [4.78, 5) is 21.8. The van der Waals surface area contributed by atoms with Crippen molar-refractivity contribution >= 4 is 11.9 Å². The molecule has 5 heteroatoms. The fourth-order valence-corrected chi connectivity index (χ4v) is 1.08. The Kier molecular flexibility index (Phi) is 10.2. The van der Waals surface area contributed by atoms with Crippen LogP contribution in [0.3, 0.4) is 0 Å². The van der Waals surface area contributed by atoms with Crippen LogP contribution in [0.4, 0.5) is 0 Å². The Morgan fingerprint density at radius 1 is 1.06 bits per heavy atom. The van der Waals surface area contributed by atoms with E-state index >= 15 is 0 Å². The average molecular weight is 244 g/mol. The lowest BCUT2D eigenvalue weighted by molar-refractivity contribution is -0.144. The molecule has 0 bridgehead atoms. The van der Waals surface area contributed by atoms with Gasteiger partial charge in [0.05, 0.1) is 13.2 Å². The summed E-state index contributed by atoms with van der Waals surface area (Å²) in [6.45, 7) is 4.02. The minimum atomic E-state index is -0.439. The van der Waals surface area contributed by atoms with Crippen molar-refractivity contribution in [3.63, 3.8) is 0 Å². The molecule has 0 aliphatic rings. The number of esters is 2. The zero-order valence-corrected chi connectivity index (χ0v) is 10.0. The van der Waals surface area contributed by atoms with Crippen LogP contribution in [0.5, 0.6) is 0 Å². The number of hydrogen-bond donors (Lipinski definition) is 1. The minimum Gasteiger partial charge on any atom is -0.466 e. The van der Waals surface area contributed by atoms with Crippen LogP contribution >= 0.6 is 0 Å². The van der Waals surface area contributed by atoms with Crippen LogP contribution in [0.1, 0.15) is 32.1 Å². The molecule has 0 aromatic carbocycles. The molecule has 98 valence electrons. The van der Waals surface area contributed by atoms with Crippen molar-refractivity contribution in [2.75, 3.05) is 19.8 Å². The zero-order valence-electron chi connectivity index (χ0n) is 10.0. The van der Waals surface area contributed by atoms with Crippen molar-refractivity contribution in [2.24, 2.45) is 0 Å². The first kappa shape index (κ1) is 15.6. The van der Waals surface area contributed by atoms with Crippen molar-refractivity contribution in [1.82, 2.24) is 0 Å². The monoisotopic (exact) mass is 244 g/mol. The Bertz CT molecular complexity index is 237. The lowest BCUT2D eigenvalue weighted by Gasteiger charge is -2.04. The van der Waals surface area contributed by atoms with Gasteiger partial charge in [-0.2, -0.15) is 0 Å². The third-order valence-corrected chi connectivity index (χ3v) is 2.00. The highest BCUT2D eigenvalue weighted by Crippen LogP contribution is 1.99. The number of rotatable bonds is 10. The molecule has 0 radical (unpaired) electrons. The van der Waals surface area contributed by atoms with E-state index in [9.17, 15) is 9.59 Å². The summed E-state index contributed by atoms with van der Waals surface area (Å²) in [6.07, 6.45) is 4.03. The molecule has 0 atom stereocenters. The van der Waals surface area contributed by atoms with Crippen molar-refractivity contribution in [3.8, 4) is 0 Å². The van der Waals surface area contributed by atoms with Gasteiger partial charge in [0.2, 0.25) is 0 Å². The molecule has 0 saturated heterocycles. The third-order valence-electron chi connectivity index (χ3n) is 2.00. The highest BCUT2D eigenvalue weighted by Gasteiger charge is 2.02. The summed E-state index contributed by atoms with van der Waals surface area (Å²) in [5.74, 6) is -0.687. The molecule has 5 nitrogen and oxygen atoms in total. The van der Waals surface area contributed by atoms with E-state index in [1.807, 2.05) is 0 Å². The van der Waals surface area contributed by atoms with Crippen LogP contribution in [0.25, 0.3) is 0 Å². The number of aliphatic hydroxyl groups excluding tert-OH is 1. The fraction of sp³-hybridized carbons (Fsp3) is 0.667. The Labute approximate surface area is 101 Å².